The Morgan fingerprint density at radius 3 is 2.20 bits per heavy atom. The lowest BCUT2D eigenvalue weighted by molar-refractivity contribution is -0.0369. The molecule has 0 aromatic rings. The maximum Gasteiger partial charge on any atom is 0.0852 e. The third-order valence-corrected chi connectivity index (χ3v) is 2.69. The van der Waals surface area contributed by atoms with Crippen molar-refractivity contribution in [2.24, 2.45) is 0 Å². The van der Waals surface area contributed by atoms with E-state index in [-0.39, 0.29) is 0 Å². The normalized spacial score (nSPS) is 15.2. The average molecular weight is 216 g/mol. The van der Waals surface area contributed by atoms with Gasteiger partial charge < -0.3 is 9.84 Å². The maximum absolute atomic E-state index is 9.92. The van der Waals surface area contributed by atoms with Gasteiger partial charge in [0.2, 0.25) is 0 Å². The van der Waals surface area contributed by atoms with Crippen molar-refractivity contribution in [3.05, 3.63) is 0 Å². The summed E-state index contributed by atoms with van der Waals surface area (Å²) in [5.41, 5.74) is -0.624. The van der Waals surface area contributed by atoms with E-state index in [1.807, 2.05) is 13.8 Å². The highest BCUT2D eigenvalue weighted by atomic mass is 16.5. The van der Waals surface area contributed by atoms with Gasteiger partial charge in [-0.15, -0.1) is 0 Å². The van der Waals surface area contributed by atoms with E-state index in [4.69, 9.17) is 4.74 Å². The zero-order valence-corrected chi connectivity index (χ0v) is 10.7. The maximum atomic E-state index is 9.92. The third-order valence-electron chi connectivity index (χ3n) is 2.69. The van der Waals surface area contributed by atoms with Crippen molar-refractivity contribution in [3.8, 4) is 0 Å². The summed E-state index contributed by atoms with van der Waals surface area (Å²) in [5.74, 6) is 0. The highest BCUT2D eigenvalue weighted by Crippen LogP contribution is 2.16. The molecule has 0 spiro atoms. The molecular formula is C13H28O2. The molecular weight excluding hydrogens is 188 g/mol. The number of rotatable bonds is 10. The van der Waals surface area contributed by atoms with Crippen molar-refractivity contribution >= 4 is 0 Å². The fourth-order valence-corrected chi connectivity index (χ4v) is 1.68. The lowest BCUT2D eigenvalue weighted by Gasteiger charge is -2.22. The quantitative estimate of drug-likeness (QED) is 0.566. The Labute approximate surface area is 95.0 Å². The van der Waals surface area contributed by atoms with Crippen molar-refractivity contribution in [2.45, 2.75) is 71.3 Å². The monoisotopic (exact) mass is 216 g/mol. The van der Waals surface area contributed by atoms with E-state index in [1.165, 1.54) is 32.1 Å². The Hall–Kier alpha value is -0.0800. The Morgan fingerprint density at radius 2 is 1.60 bits per heavy atom. The zero-order valence-electron chi connectivity index (χ0n) is 10.7. The molecule has 1 atom stereocenters. The van der Waals surface area contributed by atoms with Gasteiger partial charge in [-0.2, -0.15) is 0 Å². The molecule has 0 aliphatic carbocycles. The first-order chi connectivity index (χ1) is 7.12. The zero-order chi connectivity index (χ0) is 11.6. The van der Waals surface area contributed by atoms with E-state index in [9.17, 15) is 5.11 Å². The minimum Gasteiger partial charge on any atom is -0.388 e. The molecule has 2 nitrogen and oxygen atoms in total. The van der Waals surface area contributed by atoms with Crippen molar-refractivity contribution in [1.29, 1.82) is 0 Å². The summed E-state index contributed by atoms with van der Waals surface area (Å²) in [4.78, 5) is 0. The van der Waals surface area contributed by atoms with Crippen molar-refractivity contribution in [1.82, 2.24) is 0 Å². The van der Waals surface area contributed by atoms with E-state index in [2.05, 4.69) is 6.92 Å². The molecule has 0 rings (SSSR count). The van der Waals surface area contributed by atoms with Crippen LogP contribution in [0.1, 0.15) is 65.7 Å². The summed E-state index contributed by atoms with van der Waals surface area (Å²) in [6, 6.07) is 0. The number of hydrogen-bond donors (Lipinski definition) is 1. The van der Waals surface area contributed by atoms with Gasteiger partial charge in [-0.05, 0) is 20.3 Å². The SMILES string of the molecule is CCCCCCCCC(C)(O)COCC. The van der Waals surface area contributed by atoms with Crippen LogP contribution in [0.4, 0.5) is 0 Å². The minimum absolute atomic E-state index is 0.471. The molecule has 0 aliphatic rings. The molecule has 15 heavy (non-hydrogen) atoms. The molecule has 2 heteroatoms. The average Bonchev–Trinajstić information content (AvgIpc) is 2.20. The summed E-state index contributed by atoms with van der Waals surface area (Å²) in [7, 11) is 0. The van der Waals surface area contributed by atoms with Crippen LogP contribution in [0.15, 0.2) is 0 Å². The van der Waals surface area contributed by atoms with Crippen molar-refractivity contribution in [3.63, 3.8) is 0 Å². The van der Waals surface area contributed by atoms with E-state index >= 15 is 0 Å². The molecule has 1 N–H and O–H groups in total. The molecule has 0 amide bonds. The number of aliphatic hydroxyl groups is 1. The largest absolute Gasteiger partial charge is 0.388 e. The predicted molar refractivity (Wildman–Crippen MR) is 65.1 cm³/mol. The van der Waals surface area contributed by atoms with Gasteiger partial charge in [0.1, 0.15) is 0 Å². The van der Waals surface area contributed by atoms with Crippen LogP contribution in [-0.2, 0) is 4.74 Å². The molecule has 92 valence electrons. The van der Waals surface area contributed by atoms with Crippen LogP contribution in [0.3, 0.4) is 0 Å². The van der Waals surface area contributed by atoms with Gasteiger partial charge in [0.15, 0.2) is 0 Å². The smallest absolute Gasteiger partial charge is 0.0852 e. The van der Waals surface area contributed by atoms with Gasteiger partial charge in [-0.3, -0.25) is 0 Å². The first kappa shape index (κ1) is 14.9. The van der Waals surface area contributed by atoms with Crippen molar-refractivity contribution < 1.29 is 9.84 Å². The summed E-state index contributed by atoms with van der Waals surface area (Å²) in [6.07, 6.45) is 8.49. The molecule has 0 aromatic heterocycles. The highest BCUT2D eigenvalue weighted by Gasteiger charge is 2.19. The van der Waals surface area contributed by atoms with Gasteiger partial charge in [-0.1, -0.05) is 45.4 Å². The Morgan fingerprint density at radius 1 is 1.00 bits per heavy atom. The third kappa shape index (κ3) is 10.2. The fourth-order valence-electron chi connectivity index (χ4n) is 1.68. The van der Waals surface area contributed by atoms with E-state index in [0.717, 1.165) is 12.8 Å². The van der Waals surface area contributed by atoms with Gasteiger partial charge in [0, 0.05) is 6.61 Å². The van der Waals surface area contributed by atoms with Crippen LogP contribution in [0.5, 0.6) is 0 Å². The van der Waals surface area contributed by atoms with E-state index < -0.39 is 5.60 Å². The predicted octanol–water partition coefficient (Wildman–Crippen LogP) is 3.52. The molecule has 0 fully saturated rings. The van der Waals surface area contributed by atoms with Gasteiger partial charge in [0.05, 0.1) is 12.2 Å². The number of hydrogen-bond acceptors (Lipinski definition) is 2. The second-order valence-corrected chi connectivity index (χ2v) is 4.65. The first-order valence-electron chi connectivity index (χ1n) is 6.42. The summed E-state index contributed by atoms with van der Waals surface area (Å²) >= 11 is 0. The van der Waals surface area contributed by atoms with Crippen LogP contribution < -0.4 is 0 Å². The molecule has 1 unspecified atom stereocenters. The molecule has 0 heterocycles. The topological polar surface area (TPSA) is 29.5 Å². The van der Waals surface area contributed by atoms with Gasteiger partial charge in [0.25, 0.3) is 0 Å². The van der Waals surface area contributed by atoms with Crippen LogP contribution in [0.25, 0.3) is 0 Å². The van der Waals surface area contributed by atoms with E-state index in [0.29, 0.717) is 13.2 Å². The van der Waals surface area contributed by atoms with Crippen molar-refractivity contribution in [2.75, 3.05) is 13.2 Å². The molecule has 0 radical (unpaired) electrons. The van der Waals surface area contributed by atoms with Crippen LogP contribution >= 0.6 is 0 Å². The second kappa shape index (κ2) is 9.17. The Balaban J connectivity index is 3.32. The van der Waals surface area contributed by atoms with Crippen LogP contribution in [0.2, 0.25) is 0 Å². The van der Waals surface area contributed by atoms with Crippen LogP contribution in [0, 0.1) is 0 Å². The summed E-state index contributed by atoms with van der Waals surface area (Å²) in [5, 5.41) is 9.92. The molecule has 0 aromatic carbocycles. The highest BCUT2D eigenvalue weighted by molar-refractivity contribution is 4.71. The molecule has 0 bridgehead atoms. The lowest BCUT2D eigenvalue weighted by Crippen LogP contribution is -2.30. The van der Waals surface area contributed by atoms with Gasteiger partial charge >= 0.3 is 0 Å². The Kier molecular flexibility index (Phi) is 9.12. The Bertz CT molecular complexity index is 132. The second-order valence-electron chi connectivity index (χ2n) is 4.65. The molecule has 0 aliphatic heterocycles. The minimum atomic E-state index is -0.624. The van der Waals surface area contributed by atoms with E-state index in [1.54, 1.807) is 0 Å². The number of unbranched alkanes of at least 4 members (excludes halogenated alkanes) is 5. The summed E-state index contributed by atoms with van der Waals surface area (Å²) in [6.45, 7) is 7.22. The number of ether oxygens (including phenoxy) is 1. The fraction of sp³-hybridized carbons (Fsp3) is 1.00. The molecule has 0 saturated heterocycles. The molecule has 0 saturated carbocycles. The standard InChI is InChI=1S/C13H28O2/c1-4-6-7-8-9-10-11-13(3,14)12-15-5-2/h14H,4-12H2,1-3H3. The first-order valence-corrected chi connectivity index (χ1v) is 6.42. The van der Waals surface area contributed by atoms with Gasteiger partial charge in [-0.25, -0.2) is 0 Å². The lowest BCUT2D eigenvalue weighted by atomic mass is 9.98. The van der Waals surface area contributed by atoms with Crippen LogP contribution in [-0.4, -0.2) is 23.9 Å². The summed E-state index contributed by atoms with van der Waals surface area (Å²) < 4.78 is 5.24.